The van der Waals surface area contributed by atoms with E-state index in [0.717, 1.165) is 12.8 Å². The van der Waals surface area contributed by atoms with Crippen molar-refractivity contribution in [1.82, 2.24) is 0 Å². The summed E-state index contributed by atoms with van der Waals surface area (Å²) < 4.78 is 5.35. The number of aliphatic carboxylic acids is 1. The Labute approximate surface area is 64.3 Å². The Morgan fingerprint density at radius 1 is 1.45 bits per heavy atom. The molecule has 2 aliphatic heterocycles. The number of hydrogen-bond acceptors (Lipinski definition) is 3. The Kier molecular flexibility index (Phi) is 1.40. The third-order valence-electron chi connectivity index (χ3n) is 2.61. The van der Waals surface area contributed by atoms with E-state index in [1.807, 2.05) is 0 Å². The van der Waals surface area contributed by atoms with Crippen molar-refractivity contribution < 1.29 is 14.6 Å². The number of nitrogens with two attached hydrogens (primary N) is 1. The molecular formula is C7H11NO3. The van der Waals surface area contributed by atoms with Gasteiger partial charge in [-0.1, -0.05) is 0 Å². The van der Waals surface area contributed by atoms with Crippen LogP contribution in [0.15, 0.2) is 0 Å². The molecule has 0 aromatic rings. The van der Waals surface area contributed by atoms with Crippen LogP contribution in [0.4, 0.5) is 0 Å². The molecule has 2 rings (SSSR count). The number of rotatable bonds is 1. The number of carboxylic acids is 1. The first-order valence-corrected chi connectivity index (χ1v) is 3.84. The van der Waals surface area contributed by atoms with Gasteiger partial charge in [0.05, 0.1) is 12.2 Å². The summed E-state index contributed by atoms with van der Waals surface area (Å²) in [6.07, 6.45) is 1.67. The highest BCUT2D eigenvalue weighted by Crippen LogP contribution is 2.37. The second-order valence-electron chi connectivity index (χ2n) is 3.23. The van der Waals surface area contributed by atoms with Gasteiger partial charge >= 0.3 is 5.97 Å². The third-order valence-corrected chi connectivity index (χ3v) is 2.61. The van der Waals surface area contributed by atoms with E-state index in [2.05, 4.69) is 0 Å². The molecule has 2 saturated heterocycles. The van der Waals surface area contributed by atoms with Crippen LogP contribution < -0.4 is 5.73 Å². The second kappa shape index (κ2) is 2.19. The molecule has 0 aromatic heterocycles. The number of hydrogen-bond donors (Lipinski definition) is 2. The molecule has 4 heteroatoms. The molecule has 0 amide bonds. The van der Waals surface area contributed by atoms with Crippen LogP contribution >= 0.6 is 0 Å². The van der Waals surface area contributed by atoms with Gasteiger partial charge in [-0.2, -0.15) is 0 Å². The summed E-state index contributed by atoms with van der Waals surface area (Å²) >= 11 is 0. The molecular weight excluding hydrogens is 146 g/mol. The van der Waals surface area contributed by atoms with Crippen molar-refractivity contribution in [1.29, 1.82) is 0 Å². The van der Waals surface area contributed by atoms with E-state index in [1.54, 1.807) is 0 Å². The van der Waals surface area contributed by atoms with Crippen molar-refractivity contribution in [2.45, 2.75) is 31.1 Å². The summed E-state index contributed by atoms with van der Waals surface area (Å²) in [7, 11) is 0. The largest absolute Gasteiger partial charge is 0.481 e. The predicted molar refractivity (Wildman–Crippen MR) is 37.0 cm³/mol. The van der Waals surface area contributed by atoms with Gasteiger partial charge in [-0.15, -0.1) is 0 Å². The second-order valence-corrected chi connectivity index (χ2v) is 3.23. The minimum Gasteiger partial charge on any atom is -0.481 e. The van der Waals surface area contributed by atoms with Crippen molar-refractivity contribution >= 4 is 5.97 Å². The molecule has 2 bridgehead atoms. The SMILES string of the molecule is N[C@H]1[C@H](C(=O)O)[C@@H]2CC[C@H]1O2. The molecule has 62 valence electrons. The molecule has 0 aliphatic carbocycles. The van der Waals surface area contributed by atoms with Gasteiger partial charge in [0, 0.05) is 6.04 Å². The van der Waals surface area contributed by atoms with Crippen LogP contribution in [0.25, 0.3) is 0 Å². The number of fused-ring (bicyclic) bond motifs is 2. The maximum atomic E-state index is 10.6. The average Bonchev–Trinajstić information content (AvgIpc) is 2.44. The van der Waals surface area contributed by atoms with Gasteiger partial charge in [0.1, 0.15) is 5.92 Å². The van der Waals surface area contributed by atoms with Gasteiger partial charge in [-0.3, -0.25) is 4.79 Å². The van der Waals surface area contributed by atoms with Crippen LogP contribution in [0, 0.1) is 5.92 Å². The van der Waals surface area contributed by atoms with E-state index in [-0.39, 0.29) is 18.2 Å². The van der Waals surface area contributed by atoms with Gasteiger partial charge in [0.2, 0.25) is 0 Å². The highest BCUT2D eigenvalue weighted by Gasteiger charge is 2.50. The van der Waals surface area contributed by atoms with Crippen LogP contribution in [-0.4, -0.2) is 29.3 Å². The summed E-state index contributed by atoms with van der Waals surface area (Å²) in [5, 5.41) is 8.75. The smallest absolute Gasteiger partial charge is 0.310 e. The molecule has 0 saturated carbocycles. The molecule has 2 heterocycles. The number of carbonyl (C=O) groups is 1. The van der Waals surface area contributed by atoms with Crippen LogP contribution in [0.3, 0.4) is 0 Å². The van der Waals surface area contributed by atoms with Gasteiger partial charge in [-0.25, -0.2) is 0 Å². The van der Waals surface area contributed by atoms with Crippen LogP contribution in [0.5, 0.6) is 0 Å². The first-order valence-electron chi connectivity index (χ1n) is 3.84. The van der Waals surface area contributed by atoms with E-state index in [0.29, 0.717) is 0 Å². The fourth-order valence-electron chi connectivity index (χ4n) is 2.04. The maximum Gasteiger partial charge on any atom is 0.310 e. The lowest BCUT2D eigenvalue weighted by atomic mass is 9.85. The van der Waals surface area contributed by atoms with Crippen molar-refractivity contribution in [3.63, 3.8) is 0 Å². The molecule has 2 aliphatic rings. The summed E-state index contributed by atoms with van der Waals surface area (Å²) in [5.74, 6) is -1.28. The Morgan fingerprint density at radius 3 is 2.45 bits per heavy atom. The Balaban J connectivity index is 2.17. The monoisotopic (exact) mass is 157 g/mol. The van der Waals surface area contributed by atoms with Crippen LogP contribution in [0.1, 0.15) is 12.8 Å². The van der Waals surface area contributed by atoms with Gasteiger partial charge in [0.25, 0.3) is 0 Å². The van der Waals surface area contributed by atoms with E-state index in [1.165, 1.54) is 0 Å². The molecule has 11 heavy (non-hydrogen) atoms. The summed E-state index contributed by atoms with van der Waals surface area (Å²) in [6, 6.07) is -0.286. The fourth-order valence-corrected chi connectivity index (χ4v) is 2.04. The Morgan fingerprint density at radius 2 is 2.09 bits per heavy atom. The minimum atomic E-state index is -0.815. The first-order chi connectivity index (χ1) is 5.20. The van der Waals surface area contributed by atoms with Crippen molar-refractivity contribution in [2.75, 3.05) is 0 Å². The fraction of sp³-hybridized carbons (Fsp3) is 0.857. The third kappa shape index (κ3) is 0.862. The highest BCUT2D eigenvalue weighted by atomic mass is 16.5. The lowest BCUT2D eigenvalue weighted by Gasteiger charge is -2.20. The normalized spacial score (nSPS) is 48.1. The molecule has 2 fully saturated rings. The number of carboxylic acid groups (broad SMARTS) is 1. The lowest BCUT2D eigenvalue weighted by molar-refractivity contribution is -0.143. The zero-order valence-electron chi connectivity index (χ0n) is 6.06. The molecule has 0 radical (unpaired) electrons. The first kappa shape index (κ1) is 7.06. The van der Waals surface area contributed by atoms with Gasteiger partial charge in [0.15, 0.2) is 0 Å². The highest BCUT2D eigenvalue weighted by molar-refractivity contribution is 5.72. The molecule has 4 atom stereocenters. The zero-order valence-corrected chi connectivity index (χ0v) is 6.06. The molecule has 0 spiro atoms. The molecule has 0 unspecified atom stereocenters. The number of ether oxygens (including phenoxy) is 1. The van der Waals surface area contributed by atoms with Gasteiger partial charge in [-0.05, 0) is 12.8 Å². The summed E-state index contributed by atoms with van der Waals surface area (Å²) in [4.78, 5) is 10.6. The topological polar surface area (TPSA) is 72.6 Å². The predicted octanol–water partition coefficient (Wildman–Crippen LogP) is -0.424. The summed E-state index contributed by atoms with van der Waals surface area (Å²) in [6.45, 7) is 0. The molecule has 4 nitrogen and oxygen atoms in total. The van der Waals surface area contributed by atoms with Crippen molar-refractivity contribution in [3.8, 4) is 0 Å². The van der Waals surface area contributed by atoms with E-state index >= 15 is 0 Å². The van der Waals surface area contributed by atoms with Gasteiger partial charge < -0.3 is 15.6 Å². The maximum absolute atomic E-state index is 10.6. The van der Waals surface area contributed by atoms with Crippen LogP contribution in [0.2, 0.25) is 0 Å². The summed E-state index contributed by atoms with van der Waals surface area (Å²) in [5.41, 5.74) is 5.66. The van der Waals surface area contributed by atoms with E-state index < -0.39 is 11.9 Å². The molecule has 0 aromatic carbocycles. The standard InChI is InChI=1S/C7H11NO3/c8-6-4-2-1-3(11-4)5(6)7(9)10/h3-6H,1-2,8H2,(H,9,10)/t3-,4+,5+,6+/m0/s1. The van der Waals surface area contributed by atoms with E-state index in [4.69, 9.17) is 15.6 Å². The van der Waals surface area contributed by atoms with Crippen LogP contribution in [-0.2, 0) is 9.53 Å². The lowest BCUT2D eigenvalue weighted by Crippen LogP contribution is -2.43. The van der Waals surface area contributed by atoms with Crippen molar-refractivity contribution in [3.05, 3.63) is 0 Å². The van der Waals surface area contributed by atoms with E-state index in [9.17, 15) is 4.79 Å². The minimum absolute atomic E-state index is 0.00102. The quantitative estimate of drug-likeness (QED) is 0.542. The Hall–Kier alpha value is -0.610. The Bertz CT molecular complexity index is 192. The average molecular weight is 157 g/mol. The molecule has 3 N–H and O–H groups in total. The van der Waals surface area contributed by atoms with Crippen molar-refractivity contribution in [2.24, 2.45) is 11.7 Å². The zero-order chi connectivity index (χ0) is 8.01.